The van der Waals surface area contributed by atoms with Gasteiger partial charge >= 0.3 is 5.97 Å². The zero-order valence-corrected chi connectivity index (χ0v) is 19.0. The van der Waals surface area contributed by atoms with E-state index in [0.29, 0.717) is 34.6 Å². The molecule has 9 heteroatoms. The number of anilines is 1. The van der Waals surface area contributed by atoms with Gasteiger partial charge in [-0.3, -0.25) is 9.59 Å². The normalized spacial score (nSPS) is 12.0. The lowest BCUT2D eigenvalue weighted by molar-refractivity contribution is 0.0527. The van der Waals surface area contributed by atoms with Gasteiger partial charge in [-0.25, -0.2) is 4.79 Å². The summed E-state index contributed by atoms with van der Waals surface area (Å²) in [5, 5.41) is 7.02. The molecule has 0 saturated heterocycles. The molecule has 4 rings (SSSR count). The van der Waals surface area contributed by atoms with E-state index in [2.05, 4.69) is 10.5 Å². The summed E-state index contributed by atoms with van der Waals surface area (Å²) in [4.78, 5) is 38.0. The Morgan fingerprint density at radius 3 is 2.72 bits per heavy atom. The van der Waals surface area contributed by atoms with Gasteiger partial charge in [0.1, 0.15) is 10.8 Å². The monoisotopic (exact) mass is 454 g/mol. The second-order valence-corrected chi connectivity index (χ2v) is 8.37. The summed E-state index contributed by atoms with van der Waals surface area (Å²) in [6, 6.07) is 5.67. The third kappa shape index (κ3) is 3.69. The van der Waals surface area contributed by atoms with Crippen molar-refractivity contribution in [2.45, 2.75) is 33.6 Å². The van der Waals surface area contributed by atoms with Crippen LogP contribution in [0.5, 0.6) is 5.75 Å². The predicted molar refractivity (Wildman–Crippen MR) is 119 cm³/mol. The number of aryl methyl sites for hydroxylation is 1. The Labute approximate surface area is 188 Å². The number of thiophene rings is 1. The molecule has 0 saturated carbocycles. The van der Waals surface area contributed by atoms with E-state index in [0.717, 1.165) is 28.2 Å². The van der Waals surface area contributed by atoms with Gasteiger partial charge in [0.2, 0.25) is 0 Å². The van der Waals surface area contributed by atoms with Crippen molar-refractivity contribution in [1.82, 2.24) is 5.16 Å². The smallest absolute Gasteiger partial charge is 0.341 e. The summed E-state index contributed by atoms with van der Waals surface area (Å²) < 4.78 is 15.9. The van der Waals surface area contributed by atoms with E-state index in [9.17, 15) is 14.4 Å². The fourth-order valence-electron chi connectivity index (χ4n) is 3.87. The quantitative estimate of drug-likeness (QED) is 0.433. The number of benzene rings is 1. The molecule has 2 aromatic heterocycles. The lowest BCUT2D eigenvalue weighted by Crippen LogP contribution is -2.17. The number of ketones is 1. The van der Waals surface area contributed by atoms with E-state index in [4.69, 9.17) is 14.0 Å². The summed E-state index contributed by atoms with van der Waals surface area (Å²) in [6.07, 6.45) is 1.29. The maximum atomic E-state index is 13.1. The molecule has 8 nitrogen and oxygen atoms in total. The average molecular weight is 455 g/mol. The first-order valence-electron chi connectivity index (χ1n) is 10.1. The summed E-state index contributed by atoms with van der Waals surface area (Å²) in [5.41, 5.74) is 3.47. The maximum Gasteiger partial charge on any atom is 0.341 e. The molecule has 0 unspecified atom stereocenters. The van der Waals surface area contributed by atoms with Gasteiger partial charge in [-0.15, -0.1) is 11.3 Å². The van der Waals surface area contributed by atoms with Gasteiger partial charge in [0.15, 0.2) is 17.2 Å². The Morgan fingerprint density at radius 2 is 2.03 bits per heavy atom. The third-order valence-electron chi connectivity index (χ3n) is 5.38. The summed E-state index contributed by atoms with van der Waals surface area (Å²) in [5.74, 6) is 0.0225. The maximum absolute atomic E-state index is 13.1. The van der Waals surface area contributed by atoms with Crippen molar-refractivity contribution in [2.24, 2.45) is 0 Å². The van der Waals surface area contributed by atoms with Crippen molar-refractivity contribution in [3.8, 4) is 17.1 Å². The lowest BCUT2D eigenvalue weighted by Gasteiger charge is -2.15. The molecule has 166 valence electrons. The second kappa shape index (κ2) is 8.58. The number of nitrogens with one attached hydrogen (secondary N) is 1. The number of carbonyl (C=O) groups excluding carboxylic acids is 3. The van der Waals surface area contributed by atoms with Crippen LogP contribution < -0.4 is 10.1 Å². The summed E-state index contributed by atoms with van der Waals surface area (Å²) in [6.45, 7) is 4.95. The number of carbonyl (C=O) groups is 3. The van der Waals surface area contributed by atoms with Gasteiger partial charge in [0.05, 0.1) is 24.2 Å². The molecule has 0 spiro atoms. The number of fused-ring (bicyclic) bond motifs is 3. The van der Waals surface area contributed by atoms with Crippen molar-refractivity contribution >= 4 is 34.0 Å². The first-order valence-corrected chi connectivity index (χ1v) is 11.0. The van der Waals surface area contributed by atoms with Crippen molar-refractivity contribution < 1.29 is 28.4 Å². The molecular formula is C23H22N2O6S. The molecule has 0 fully saturated rings. The Morgan fingerprint density at radius 1 is 1.25 bits per heavy atom. The van der Waals surface area contributed by atoms with Crippen molar-refractivity contribution in [3.05, 3.63) is 51.0 Å². The molecule has 1 aliphatic carbocycles. The van der Waals surface area contributed by atoms with Crippen LogP contribution in [-0.2, 0) is 17.6 Å². The zero-order chi connectivity index (χ0) is 23.0. The Hall–Kier alpha value is -3.46. The number of nitrogens with zero attached hydrogens (tertiary/aromatic N) is 1. The topological polar surface area (TPSA) is 108 Å². The van der Waals surface area contributed by atoms with Crippen LogP contribution in [0.25, 0.3) is 11.3 Å². The highest BCUT2D eigenvalue weighted by atomic mass is 32.1. The fourth-order valence-corrected chi connectivity index (χ4v) is 4.95. The minimum absolute atomic E-state index is 0.159. The molecule has 0 bridgehead atoms. The third-order valence-corrected chi connectivity index (χ3v) is 6.69. The van der Waals surface area contributed by atoms with Crippen LogP contribution >= 0.6 is 11.3 Å². The molecule has 2 heterocycles. The minimum atomic E-state index is -0.589. The van der Waals surface area contributed by atoms with E-state index in [1.54, 1.807) is 21.0 Å². The van der Waals surface area contributed by atoms with Crippen LogP contribution in [0.15, 0.2) is 22.7 Å². The molecule has 3 aromatic rings. The first kappa shape index (κ1) is 21.8. The van der Waals surface area contributed by atoms with E-state index in [-0.39, 0.29) is 28.6 Å². The number of ether oxygens (including phenoxy) is 2. The van der Waals surface area contributed by atoms with Gasteiger partial charge < -0.3 is 19.3 Å². The van der Waals surface area contributed by atoms with Crippen LogP contribution in [0.2, 0.25) is 0 Å². The lowest BCUT2D eigenvalue weighted by atomic mass is 9.89. The molecule has 1 aromatic carbocycles. The highest BCUT2D eigenvalue weighted by Gasteiger charge is 2.30. The van der Waals surface area contributed by atoms with E-state index >= 15 is 0 Å². The molecule has 1 amide bonds. The number of methoxy groups -OCH3 is 1. The Bertz CT molecular complexity index is 1240. The predicted octanol–water partition coefficient (Wildman–Crippen LogP) is 4.45. The zero-order valence-electron chi connectivity index (χ0n) is 18.2. The second-order valence-electron chi connectivity index (χ2n) is 7.35. The standard InChI is InChI=1S/C23H22N2O6S/c1-5-30-23(28)17-11(2)20(12(3)26)32-22(17)24-21(27)18-16-8-6-13-10-14(29-4)7-9-15(13)19(16)31-25-18/h7,9-10H,5-6,8H2,1-4H3,(H,24,27). The summed E-state index contributed by atoms with van der Waals surface area (Å²) >= 11 is 1.05. The van der Waals surface area contributed by atoms with Crippen LogP contribution in [0, 0.1) is 6.92 Å². The number of amides is 1. The minimum Gasteiger partial charge on any atom is -0.497 e. The van der Waals surface area contributed by atoms with Gasteiger partial charge in [0, 0.05) is 11.1 Å². The highest BCUT2D eigenvalue weighted by Crippen LogP contribution is 2.38. The highest BCUT2D eigenvalue weighted by molar-refractivity contribution is 7.18. The van der Waals surface area contributed by atoms with Gasteiger partial charge in [0.25, 0.3) is 5.91 Å². The van der Waals surface area contributed by atoms with E-state index in [1.165, 1.54) is 6.92 Å². The van der Waals surface area contributed by atoms with Crippen LogP contribution in [-0.4, -0.2) is 36.5 Å². The molecule has 1 aliphatic rings. The van der Waals surface area contributed by atoms with Crippen LogP contribution in [0.3, 0.4) is 0 Å². The fraction of sp³-hybridized carbons (Fsp3) is 0.304. The largest absolute Gasteiger partial charge is 0.497 e. The van der Waals surface area contributed by atoms with Gasteiger partial charge in [-0.2, -0.15) is 0 Å². The van der Waals surface area contributed by atoms with Crippen molar-refractivity contribution in [1.29, 1.82) is 0 Å². The molecule has 1 N–H and O–H groups in total. The molecule has 0 atom stereocenters. The molecule has 0 aliphatic heterocycles. The number of esters is 1. The van der Waals surface area contributed by atoms with Crippen LogP contribution in [0.4, 0.5) is 5.00 Å². The first-order chi connectivity index (χ1) is 15.3. The van der Waals surface area contributed by atoms with E-state index in [1.807, 2.05) is 18.2 Å². The number of hydrogen-bond acceptors (Lipinski definition) is 8. The summed E-state index contributed by atoms with van der Waals surface area (Å²) in [7, 11) is 1.61. The van der Waals surface area contributed by atoms with Gasteiger partial charge in [-0.1, -0.05) is 5.16 Å². The Balaban J connectivity index is 1.68. The number of aromatic nitrogens is 1. The molecular weight excluding hydrogens is 432 g/mol. The molecule has 0 radical (unpaired) electrons. The van der Waals surface area contributed by atoms with E-state index < -0.39 is 11.9 Å². The van der Waals surface area contributed by atoms with Crippen molar-refractivity contribution in [3.63, 3.8) is 0 Å². The van der Waals surface area contributed by atoms with Gasteiger partial charge in [-0.05, 0) is 62.9 Å². The number of rotatable bonds is 6. The Kier molecular flexibility index (Phi) is 5.84. The average Bonchev–Trinajstić information content (AvgIpc) is 3.34. The SMILES string of the molecule is CCOC(=O)c1c(NC(=O)c2noc3c2CCc2cc(OC)ccc2-3)sc(C(C)=O)c1C. The number of hydrogen-bond donors (Lipinski definition) is 1. The number of Topliss-reactive ketones (excluding diaryl/α,β-unsaturated/α-hetero) is 1. The molecule has 32 heavy (non-hydrogen) atoms. The van der Waals surface area contributed by atoms with Crippen LogP contribution in [0.1, 0.15) is 61.1 Å². The van der Waals surface area contributed by atoms with Crippen molar-refractivity contribution in [2.75, 3.05) is 19.0 Å².